The molecule has 0 aromatic heterocycles. The van der Waals surface area contributed by atoms with E-state index in [4.69, 9.17) is 11.6 Å². The third-order valence-electron chi connectivity index (χ3n) is 4.26. The van der Waals surface area contributed by atoms with Crippen molar-refractivity contribution in [3.63, 3.8) is 0 Å². The Balaban J connectivity index is 2.09. The summed E-state index contributed by atoms with van der Waals surface area (Å²) in [5.41, 5.74) is 1.41. The number of alkyl halides is 1. The lowest BCUT2D eigenvalue weighted by atomic mass is 9.85. The van der Waals surface area contributed by atoms with E-state index in [2.05, 4.69) is 56.0 Å². The van der Waals surface area contributed by atoms with E-state index in [0.717, 1.165) is 18.9 Å². The van der Waals surface area contributed by atoms with E-state index in [1.54, 1.807) is 0 Å². The SMILES string of the molecule is CC(Cl)CC1CC(C)CC(C)N1Cc1ccccc1. The van der Waals surface area contributed by atoms with Gasteiger partial charge < -0.3 is 0 Å². The highest BCUT2D eigenvalue weighted by Crippen LogP contribution is 2.31. The van der Waals surface area contributed by atoms with Crippen LogP contribution in [0, 0.1) is 5.92 Å². The van der Waals surface area contributed by atoms with E-state index in [1.165, 1.54) is 18.4 Å². The Labute approximate surface area is 123 Å². The third kappa shape index (κ3) is 4.22. The van der Waals surface area contributed by atoms with Crippen LogP contribution in [0.25, 0.3) is 0 Å². The minimum absolute atomic E-state index is 0.265. The minimum atomic E-state index is 0.265. The maximum absolute atomic E-state index is 6.25. The van der Waals surface area contributed by atoms with Crippen LogP contribution >= 0.6 is 11.6 Å². The van der Waals surface area contributed by atoms with Crippen molar-refractivity contribution < 1.29 is 0 Å². The largest absolute Gasteiger partial charge is 0.293 e. The molecule has 0 radical (unpaired) electrons. The smallest absolute Gasteiger partial charge is 0.0322 e. The first-order valence-corrected chi connectivity index (χ1v) is 7.93. The van der Waals surface area contributed by atoms with E-state index in [0.29, 0.717) is 12.1 Å². The molecule has 1 aromatic carbocycles. The Morgan fingerprint density at radius 3 is 2.53 bits per heavy atom. The van der Waals surface area contributed by atoms with Crippen molar-refractivity contribution in [2.75, 3.05) is 0 Å². The molecule has 0 spiro atoms. The Hall–Kier alpha value is -0.530. The number of rotatable bonds is 4. The Morgan fingerprint density at radius 2 is 1.89 bits per heavy atom. The van der Waals surface area contributed by atoms with E-state index >= 15 is 0 Å². The lowest BCUT2D eigenvalue weighted by molar-refractivity contribution is 0.0535. The molecule has 1 aromatic rings. The molecule has 0 bridgehead atoms. The summed E-state index contributed by atoms with van der Waals surface area (Å²) in [6.45, 7) is 7.92. The summed E-state index contributed by atoms with van der Waals surface area (Å²) in [7, 11) is 0. The molecule has 2 rings (SSSR count). The Kier molecular flexibility index (Phi) is 5.29. The zero-order chi connectivity index (χ0) is 13.8. The number of nitrogens with zero attached hydrogens (tertiary/aromatic N) is 1. The molecule has 1 fully saturated rings. The molecule has 1 aliphatic heterocycles. The molecule has 0 saturated carbocycles. The van der Waals surface area contributed by atoms with Crippen LogP contribution in [0.2, 0.25) is 0 Å². The fourth-order valence-corrected chi connectivity index (χ4v) is 3.67. The molecule has 2 heteroatoms. The van der Waals surface area contributed by atoms with Crippen molar-refractivity contribution in [2.24, 2.45) is 5.92 Å². The Bertz CT molecular complexity index is 374. The van der Waals surface area contributed by atoms with Crippen molar-refractivity contribution in [2.45, 2.75) is 64.0 Å². The highest BCUT2D eigenvalue weighted by Gasteiger charge is 2.31. The monoisotopic (exact) mass is 279 g/mol. The molecule has 0 aliphatic carbocycles. The van der Waals surface area contributed by atoms with E-state index in [1.807, 2.05) is 0 Å². The first-order chi connectivity index (χ1) is 9.06. The molecule has 4 unspecified atom stereocenters. The lowest BCUT2D eigenvalue weighted by Gasteiger charge is -2.44. The predicted octanol–water partition coefficient (Wildman–Crippen LogP) is 4.69. The molecule has 1 saturated heterocycles. The summed E-state index contributed by atoms with van der Waals surface area (Å²) >= 11 is 6.25. The summed E-state index contributed by atoms with van der Waals surface area (Å²) in [5, 5.41) is 0.265. The predicted molar refractivity (Wildman–Crippen MR) is 83.6 cm³/mol. The fraction of sp³-hybridized carbons (Fsp3) is 0.647. The van der Waals surface area contributed by atoms with Crippen molar-refractivity contribution in [3.05, 3.63) is 35.9 Å². The molecular formula is C17H26ClN. The number of hydrogen-bond acceptors (Lipinski definition) is 1. The number of benzene rings is 1. The van der Waals surface area contributed by atoms with Gasteiger partial charge in [-0.2, -0.15) is 0 Å². The summed E-state index contributed by atoms with van der Waals surface area (Å²) in [6.07, 6.45) is 3.69. The number of halogens is 1. The second-order valence-corrected chi connectivity index (χ2v) is 7.00. The molecule has 1 heterocycles. The topological polar surface area (TPSA) is 3.24 Å². The van der Waals surface area contributed by atoms with Crippen LogP contribution in [0.5, 0.6) is 0 Å². The van der Waals surface area contributed by atoms with Gasteiger partial charge in [-0.15, -0.1) is 11.6 Å². The van der Waals surface area contributed by atoms with Gasteiger partial charge in [0.05, 0.1) is 0 Å². The molecule has 106 valence electrons. The second kappa shape index (κ2) is 6.76. The van der Waals surface area contributed by atoms with Crippen LogP contribution < -0.4 is 0 Å². The summed E-state index contributed by atoms with van der Waals surface area (Å²) in [4.78, 5) is 2.66. The highest BCUT2D eigenvalue weighted by molar-refractivity contribution is 6.20. The van der Waals surface area contributed by atoms with E-state index in [9.17, 15) is 0 Å². The summed E-state index contributed by atoms with van der Waals surface area (Å²) < 4.78 is 0. The van der Waals surface area contributed by atoms with Gasteiger partial charge in [0.15, 0.2) is 0 Å². The molecule has 4 atom stereocenters. The van der Waals surface area contributed by atoms with Crippen LogP contribution in [0.4, 0.5) is 0 Å². The summed E-state index contributed by atoms with van der Waals surface area (Å²) in [6, 6.07) is 12.1. The van der Waals surface area contributed by atoms with Crippen molar-refractivity contribution in [1.29, 1.82) is 0 Å². The van der Waals surface area contributed by atoms with Crippen LogP contribution in [-0.4, -0.2) is 22.4 Å². The highest BCUT2D eigenvalue weighted by atomic mass is 35.5. The zero-order valence-corrected chi connectivity index (χ0v) is 13.1. The molecular weight excluding hydrogens is 254 g/mol. The molecule has 0 amide bonds. The van der Waals surface area contributed by atoms with Crippen molar-refractivity contribution in [3.8, 4) is 0 Å². The fourth-order valence-electron chi connectivity index (χ4n) is 3.46. The number of piperidine rings is 1. The summed E-state index contributed by atoms with van der Waals surface area (Å²) in [5.74, 6) is 0.822. The van der Waals surface area contributed by atoms with Gasteiger partial charge in [-0.3, -0.25) is 4.90 Å². The van der Waals surface area contributed by atoms with Gasteiger partial charge in [-0.1, -0.05) is 37.3 Å². The van der Waals surface area contributed by atoms with Crippen LogP contribution in [0.15, 0.2) is 30.3 Å². The normalized spacial score (nSPS) is 30.2. The van der Waals surface area contributed by atoms with Gasteiger partial charge in [0.1, 0.15) is 0 Å². The average molecular weight is 280 g/mol. The van der Waals surface area contributed by atoms with Crippen LogP contribution in [0.3, 0.4) is 0 Å². The standard InChI is InChI=1S/C17H26ClN/c1-13-9-15(3)19(17(10-13)11-14(2)18)12-16-7-5-4-6-8-16/h4-8,13-15,17H,9-12H2,1-3H3. The Morgan fingerprint density at radius 1 is 1.21 bits per heavy atom. The van der Waals surface area contributed by atoms with Gasteiger partial charge in [0.2, 0.25) is 0 Å². The zero-order valence-electron chi connectivity index (χ0n) is 12.3. The van der Waals surface area contributed by atoms with Gasteiger partial charge in [0, 0.05) is 24.0 Å². The number of hydrogen-bond donors (Lipinski definition) is 0. The molecule has 19 heavy (non-hydrogen) atoms. The van der Waals surface area contributed by atoms with Gasteiger partial charge >= 0.3 is 0 Å². The molecule has 1 aliphatic rings. The van der Waals surface area contributed by atoms with Crippen molar-refractivity contribution >= 4 is 11.6 Å². The maximum atomic E-state index is 6.25. The van der Waals surface area contributed by atoms with Gasteiger partial charge in [-0.05, 0) is 44.6 Å². The van der Waals surface area contributed by atoms with Crippen molar-refractivity contribution in [1.82, 2.24) is 4.90 Å². The minimum Gasteiger partial charge on any atom is -0.293 e. The molecule has 0 N–H and O–H groups in total. The first-order valence-electron chi connectivity index (χ1n) is 7.50. The van der Waals surface area contributed by atoms with E-state index < -0.39 is 0 Å². The maximum Gasteiger partial charge on any atom is 0.0322 e. The molecule has 1 nitrogen and oxygen atoms in total. The third-order valence-corrected chi connectivity index (χ3v) is 4.44. The van der Waals surface area contributed by atoms with Gasteiger partial charge in [-0.25, -0.2) is 0 Å². The first kappa shape index (κ1) is 14.9. The second-order valence-electron chi connectivity index (χ2n) is 6.25. The average Bonchev–Trinajstić information content (AvgIpc) is 2.34. The number of likely N-dealkylation sites (tertiary alicyclic amines) is 1. The lowest BCUT2D eigenvalue weighted by Crippen LogP contribution is -2.47. The van der Waals surface area contributed by atoms with Crippen LogP contribution in [-0.2, 0) is 6.54 Å². The van der Waals surface area contributed by atoms with E-state index in [-0.39, 0.29) is 5.38 Å². The van der Waals surface area contributed by atoms with Gasteiger partial charge in [0.25, 0.3) is 0 Å². The quantitative estimate of drug-likeness (QED) is 0.723. The van der Waals surface area contributed by atoms with Crippen LogP contribution in [0.1, 0.15) is 45.6 Å².